The van der Waals surface area contributed by atoms with E-state index in [0.717, 1.165) is 5.56 Å². The zero-order valence-electron chi connectivity index (χ0n) is 16.8. The van der Waals surface area contributed by atoms with E-state index in [-0.39, 0.29) is 12.3 Å². The van der Waals surface area contributed by atoms with Gasteiger partial charge in [-0.3, -0.25) is 9.48 Å². The van der Waals surface area contributed by atoms with Crippen molar-refractivity contribution in [2.45, 2.75) is 20.1 Å². The van der Waals surface area contributed by atoms with E-state index < -0.39 is 5.91 Å². The molecule has 0 radical (unpaired) electrons. The van der Waals surface area contributed by atoms with E-state index in [9.17, 15) is 4.79 Å². The largest absolute Gasteiger partial charge is 0.489 e. The molecule has 0 saturated heterocycles. The van der Waals surface area contributed by atoms with E-state index >= 15 is 0 Å². The van der Waals surface area contributed by atoms with Crippen LogP contribution >= 0.6 is 34.8 Å². The smallest absolute Gasteiger partial charge is 0.279 e. The van der Waals surface area contributed by atoms with Gasteiger partial charge in [-0.2, -0.15) is 5.10 Å². The molecule has 4 rings (SSSR count). The van der Waals surface area contributed by atoms with Gasteiger partial charge in [0.15, 0.2) is 11.5 Å². The van der Waals surface area contributed by atoms with E-state index in [4.69, 9.17) is 44.1 Å². The van der Waals surface area contributed by atoms with Crippen LogP contribution in [0, 0.1) is 6.92 Å². The first kappa shape index (κ1) is 22.2. The van der Waals surface area contributed by atoms with E-state index in [1.165, 1.54) is 0 Å². The number of nitrogens with one attached hydrogen (secondary N) is 1. The molecule has 0 bridgehead atoms. The number of carbonyl (C=O) groups is 1. The van der Waals surface area contributed by atoms with Crippen LogP contribution in [0.15, 0.2) is 59.3 Å². The molecule has 0 spiro atoms. The molecule has 0 unspecified atom stereocenters. The molecule has 0 fully saturated rings. The summed E-state index contributed by atoms with van der Waals surface area (Å²) in [5.41, 5.74) is 1.61. The van der Waals surface area contributed by atoms with E-state index in [1.54, 1.807) is 60.3 Å². The highest BCUT2D eigenvalue weighted by molar-refractivity contribution is 6.42. The quantitative estimate of drug-likeness (QED) is 0.342. The molecule has 0 aliphatic heterocycles. The maximum Gasteiger partial charge on any atom is 0.279 e. The van der Waals surface area contributed by atoms with Crippen molar-refractivity contribution < 1.29 is 14.1 Å². The van der Waals surface area contributed by atoms with Crippen LogP contribution in [0.1, 0.15) is 27.4 Å². The zero-order valence-corrected chi connectivity index (χ0v) is 19.1. The molecule has 164 valence electrons. The first-order chi connectivity index (χ1) is 15.4. The number of aryl methyl sites for hydroxylation is 1. The van der Waals surface area contributed by atoms with Crippen molar-refractivity contribution in [1.29, 1.82) is 0 Å². The lowest BCUT2D eigenvalue weighted by Crippen LogP contribution is -2.16. The predicted octanol–water partition coefficient (Wildman–Crippen LogP) is 6.02. The Labute approximate surface area is 198 Å². The van der Waals surface area contributed by atoms with Gasteiger partial charge in [-0.1, -0.05) is 46.0 Å². The molecule has 1 amide bonds. The van der Waals surface area contributed by atoms with Crippen LogP contribution < -0.4 is 10.1 Å². The molecule has 0 atom stereocenters. The normalized spacial score (nSPS) is 10.9. The highest BCUT2D eigenvalue weighted by Gasteiger charge is 2.21. The van der Waals surface area contributed by atoms with Crippen LogP contribution in [0.2, 0.25) is 15.1 Å². The van der Waals surface area contributed by atoms with Gasteiger partial charge in [0.25, 0.3) is 5.91 Å². The monoisotopic (exact) mass is 490 g/mol. The van der Waals surface area contributed by atoms with Crippen molar-refractivity contribution >= 4 is 46.5 Å². The van der Waals surface area contributed by atoms with Gasteiger partial charge in [0, 0.05) is 17.3 Å². The lowest BCUT2D eigenvalue weighted by atomic mass is 10.2. The molecule has 7 nitrogen and oxygen atoms in total. The number of halogens is 3. The molecule has 2 aromatic heterocycles. The minimum absolute atomic E-state index is 0.117. The molecule has 0 saturated carbocycles. The number of anilines is 1. The van der Waals surface area contributed by atoms with Crippen LogP contribution in [0.25, 0.3) is 0 Å². The summed E-state index contributed by atoms with van der Waals surface area (Å²) >= 11 is 17.9. The minimum atomic E-state index is -0.448. The molecular weight excluding hydrogens is 475 g/mol. The summed E-state index contributed by atoms with van der Waals surface area (Å²) in [7, 11) is 0. The van der Waals surface area contributed by atoms with E-state index in [2.05, 4.69) is 15.6 Å². The highest BCUT2D eigenvalue weighted by Crippen LogP contribution is 2.23. The second-order valence-electron chi connectivity index (χ2n) is 6.91. The minimum Gasteiger partial charge on any atom is -0.489 e. The van der Waals surface area contributed by atoms with Gasteiger partial charge in [-0.05, 0) is 48.9 Å². The van der Waals surface area contributed by atoms with Crippen LogP contribution in [-0.2, 0) is 13.2 Å². The average Bonchev–Trinajstić information content (AvgIpc) is 3.36. The van der Waals surface area contributed by atoms with Gasteiger partial charge in [0.05, 0.1) is 22.2 Å². The number of ether oxygens (including phenoxy) is 1. The molecule has 0 aliphatic rings. The number of hydrogen-bond donors (Lipinski definition) is 1. The summed E-state index contributed by atoms with van der Waals surface area (Å²) in [6.45, 7) is 2.30. The standard InChI is InChI=1S/C22H17Cl3N4O3/c1-13-17(12-31-16-5-3-15(23)4-6-16)21(28-32-13)22(30)26-20-8-9-29(27-20)11-14-2-7-18(24)19(25)10-14/h2-10H,11-12H2,1H3,(H,26,27,30). The number of nitrogens with zero attached hydrogens (tertiary/aromatic N) is 3. The third kappa shape index (κ3) is 5.24. The second-order valence-corrected chi connectivity index (χ2v) is 8.16. The topological polar surface area (TPSA) is 82.2 Å². The Hall–Kier alpha value is -3.00. The summed E-state index contributed by atoms with van der Waals surface area (Å²) in [6, 6.07) is 14.0. The van der Waals surface area contributed by atoms with Gasteiger partial charge >= 0.3 is 0 Å². The summed E-state index contributed by atoms with van der Waals surface area (Å²) in [5, 5.41) is 12.5. The van der Waals surface area contributed by atoms with Gasteiger partial charge in [-0.25, -0.2) is 0 Å². The molecular formula is C22H17Cl3N4O3. The van der Waals surface area contributed by atoms with Crippen molar-refractivity contribution in [3.8, 4) is 5.75 Å². The first-order valence-electron chi connectivity index (χ1n) is 9.51. The summed E-state index contributed by atoms with van der Waals surface area (Å²) < 4.78 is 12.6. The van der Waals surface area contributed by atoms with Crippen molar-refractivity contribution in [1.82, 2.24) is 14.9 Å². The highest BCUT2D eigenvalue weighted by atomic mass is 35.5. The van der Waals surface area contributed by atoms with E-state index in [0.29, 0.717) is 44.5 Å². The van der Waals surface area contributed by atoms with Crippen LogP contribution in [0.4, 0.5) is 5.82 Å². The van der Waals surface area contributed by atoms with Crippen molar-refractivity contribution in [3.63, 3.8) is 0 Å². The molecule has 2 aromatic carbocycles. The van der Waals surface area contributed by atoms with Crippen LogP contribution in [-0.4, -0.2) is 20.8 Å². The Bertz CT molecular complexity index is 1250. The predicted molar refractivity (Wildman–Crippen MR) is 123 cm³/mol. The fourth-order valence-corrected chi connectivity index (χ4v) is 3.39. The van der Waals surface area contributed by atoms with Gasteiger partial charge in [0.1, 0.15) is 18.1 Å². The lowest BCUT2D eigenvalue weighted by molar-refractivity contribution is 0.101. The SMILES string of the molecule is Cc1onc(C(=O)Nc2ccn(Cc3ccc(Cl)c(Cl)c3)n2)c1COc1ccc(Cl)cc1. The average molecular weight is 492 g/mol. The Kier molecular flexibility index (Phi) is 6.69. The lowest BCUT2D eigenvalue weighted by Gasteiger charge is -2.07. The van der Waals surface area contributed by atoms with Crippen molar-refractivity contribution in [2.24, 2.45) is 0 Å². The molecule has 4 aromatic rings. The molecule has 0 aliphatic carbocycles. The molecule has 32 heavy (non-hydrogen) atoms. The number of carbonyl (C=O) groups excluding carboxylic acids is 1. The molecule has 10 heteroatoms. The maximum atomic E-state index is 12.8. The summed E-state index contributed by atoms with van der Waals surface area (Å²) in [6.07, 6.45) is 1.75. The summed E-state index contributed by atoms with van der Waals surface area (Å²) in [4.78, 5) is 12.8. The third-order valence-corrected chi connectivity index (χ3v) is 5.60. The van der Waals surface area contributed by atoms with Crippen molar-refractivity contribution in [2.75, 3.05) is 5.32 Å². The fourth-order valence-electron chi connectivity index (χ4n) is 2.94. The van der Waals surface area contributed by atoms with Gasteiger partial charge in [-0.15, -0.1) is 0 Å². The number of amides is 1. The van der Waals surface area contributed by atoms with Gasteiger partial charge < -0.3 is 14.6 Å². The number of hydrogen-bond acceptors (Lipinski definition) is 5. The Morgan fingerprint density at radius 2 is 1.88 bits per heavy atom. The fraction of sp³-hybridized carbons (Fsp3) is 0.136. The maximum absolute atomic E-state index is 12.8. The zero-order chi connectivity index (χ0) is 22.7. The molecule has 2 heterocycles. The Morgan fingerprint density at radius 3 is 2.62 bits per heavy atom. The first-order valence-corrected chi connectivity index (χ1v) is 10.6. The van der Waals surface area contributed by atoms with Crippen LogP contribution in [0.5, 0.6) is 5.75 Å². The number of benzene rings is 2. The second kappa shape index (κ2) is 9.65. The number of aromatic nitrogens is 3. The third-order valence-electron chi connectivity index (χ3n) is 4.61. The van der Waals surface area contributed by atoms with Crippen LogP contribution in [0.3, 0.4) is 0 Å². The van der Waals surface area contributed by atoms with E-state index in [1.807, 2.05) is 6.07 Å². The van der Waals surface area contributed by atoms with Gasteiger partial charge in [0.2, 0.25) is 0 Å². The number of rotatable bonds is 7. The Balaban J connectivity index is 1.42. The Morgan fingerprint density at radius 1 is 1.09 bits per heavy atom. The molecule has 1 N–H and O–H groups in total. The summed E-state index contributed by atoms with van der Waals surface area (Å²) in [5.74, 6) is 1.04. The van der Waals surface area contributed by atoms with Crippen molar-refractivity contribution in [3.05, 3.63) is 92.4 Å².